The van der Waals surface area contributed by atoms with Crippen molar-refractivity contribution in [2.75, 3.05) is 7.05 Å². The Hall–Kier alpha value is -0.820. The summed E-state index contributed by atoms with van der Waals surface area (Å²) in [4.78, 5) is 2.47. The fourth-order valence-corrected chi connectivity index (χ4v) is 2.57. The molecule has 0 aliphatic rings. The molecule has 0 amide bonds. The lowest BCUT2D eigenvalue weighted by Gasteiger charge is -2.37. The lowest BCUT2D eigenvalue weighted by Crippen LogP contribution is -2.40. The summed E-state index contributed by atoms with van der Waals surface area (Å²) in [5.74, 6) is 0. The van der Waals surface area contributed by atoms with Crippen LogP contribution in [0.3, 0.4) is 0 Å². The van der Waals surface area contributed by atoms with Crippen LogP contribution in [0.5, 0.6) is 0 Å². The van der Waals surface area contributed by atoms with Crippen molar-refractivity contribution < 1.29 is 0 Å². The Labute approximate surface area is 100 Å². The third-order valence-corrected chi connectivity index (χ3v) is 3.19. The fourth-order valence-electron chi connectivity index (χ4n) is 2.57. The molecule has 0 saturated carbocycles. The van der Waals surface area contributed by atoms with Crippen LogP contribution >= 0.6 is 0 Å². The van der Waals surface area contributed by atoms with Gasteiger partial charge >= 0.3 is 0 Å². The largest absolute Gasteiger partial charge is 0.299 e. The van der Waals surface area contributed by atoms with Gasteiger partial charge in [-0.1, -0.05) is 58.0 Å². The van der Waals surface area contributed by atoms with E-state index in [1.54, 1.807) is 0 Å². The molecule has 1 heteroatoms. The van der Waals surface area contributed by atoms with E-state index in [1.807, 2.05) is 0 Å². The quantitative estimate of drug-likeness (QED) is 0.741. The molecule has 1 atom stereocenters. The van der Waals surface area contributed by atoms with Gasteiger partial charge in [0.15, 0.2) is 0 Å². The minimum atomic E-state index is 0.346. The molecule has 1 aromatic carbocycles. The van der Waals surface area contributed by atoms with Gasteiger partial charge in [0, 0.05) is 12.6 Å². The summed E-state index contributed by atoms with van der Waals surface area (Å²) < 4.78 is 0. The lowest BCUT2D eigenvalue weighted by molar-refractivity contribution is 0.115. The topological polar surface area (TPSA) is 3.24 Å². The summed E-state index contributed by atoms with van der Waals surface area (Å²) >= 11 is 0. The molecule has 0 radical (unpaired) electrons. The fraction of sp³-hybridized carbons (Fsp3) is 0.600. The first-order valence-electron chi connectivity index (χ1n) is 6.19. The van der Waals surface area contributed by atoms with Crippen LogP contribution in [0.4, 0.5) is 0 Å². The summed E-state index contributed by atoms with van der Waals surface area (Å²) in [5, 5.41) is 0. The second-order valence-corrected chi connectivity index (χ2v) is 5.69. The predicted molar refractivity (Wildman–Crippen MR) is 71.4 cm³/mol. The van der Waals surface area contributed by atoms with Crippen LogP contribution in [0.25, 0.3) is 0 Å². The second kappa shape index (κ2) is 5.49. The number of hydrogen-bond acceptors (Lipinski definition) is 1. The molecule has 1 unspecified atom stereocenters. The van der Waals surface area contributed by atoms with Gasteiger partial charge in [-0.2, -0.15) is 0 Å². The number of benzene rings is 1. The smallest absolute Gasteiger partial charge is 0.0233 e. The maximum Gasteiger partial charge on any atom is 0.0233 e. The van der Waals surface area contributed by atoms with E-state index in [4.69, 9.17) is 0 Å². The van der Waals surface area contributed by atoms with Crippen LogP contribution in [-0.2, 0) is 6.54 Å². The van der Waals surface area contributed by atoms with Crippen molar-refractivity contribution in [3.8, 4) is 0 Å². The van der Waals surface area contributed by atoms with E-state index >= 15 is 0 Å². The summed E-state index contributed by atoms with van der Waals surface area (Å²) in [5.41, 5.74) is 1.74. The number of rotatable bonds is 4. The van der Waals surface area contributed by atoms with Gasteiger partial charge < -0.3 is 0 Å². The molecule has 0 saturated heterocycles. The predicted octanol–water partition coefficient (Wildman–Crippen LogP) is 3.94. The van der Waals surface area contributed by atoms with Crippen molar-refractivity contribution in [1.29, 1.82) is 0 Å². The molecular formula is C15H25N. The molecule has 0 aromatic heterocycles. The molecule has 1 aromatic rings. The molecule has 0 bridgehead atoms. The Morgan fingerprint density at radius 3 is 2.12 bits per heavy atom. The van der Waals surface area contributed by atoms with Gasteiger partial charge in [0.25, 0.3) is 0 Å². The number of hydrogen-bond donors (Lipinski definition) is 0. The highest BCUT2D eigenvalue weighted by Gasteiger charge is 2.26. The van der Waals surface area contributed by atoms with Crippen molar-refractivity contribution in [3.63, 3.8) is 0 Å². The summed E-state index contributed by atoms with van der Waals surface area (Å²) in [6.45, 7) is 10.3. The monoisotopic (exact) mass is 219 g/mol. The molecular weight excluding hydrogens is 194 g/mol. The summed E-state index contributed by atoms with van der Waals surface area (Å²) in [6, 6.07) is 11.3. The van der Waals surface area contributed by atoms with E-state index in [2.05, 4.69) is 70.0 Å². The van der Waals surface area contributed by atoms with Gasteiger partial charge in [-0.3, -0.25) is 4.90 Å². The van der Waals surface area contributed by atoms with Gasteiger partial charge in [-0.15, -0.1) is 0 Å². The minimum absolute atomic E-state index is 0.346. The second-order valence-electron chi connectivity index (χ2n) is 5.69. The molecule has 1 nitrogen and oxygen atoms in total. The van der Waals surface area contributed by atoms with Crippen molar-refractivity contribution in [3.05, 3.63) is 35.9 Å². The van der Waals surface area contributed by atoms with E-state index in [0.29, 0.717) is 11.5 Å². The molecule has 90 valence electrons. The third-order valence-electron chi connectivity index (χ3n) is 3.19. The van der Waals surface area contributed by atoms with Crippen LogP contribution in [0, 0.1) is 5.41 Å². The third kappa shape index (κ3) is 3.64. The van der Waals surface area contributed by atoms with E-state index in [-0.39, 0.29) is 0 Å². The van der Waals surface area contributed by atoms with Gasteiger partial charge in [-0.25, -0.2) is 0 Å². The van der Waals surface area contributed by atoms with Gasteiger partial charge in [-0.05, 0) is 24.4 Å². The summed E-state index contributed by atoms with van der Waals surface area (Å²) in [7, 11) is 2.23. The first kappa shape index (κ1) is 13.2. The first-order chi connectivity index (χ1) is 7.45. The van der Waals surface area contributed by atoms with Crippen LogP contribution in [0.2, 0.25) is 0 Å². The maximum atomic E-state index is 2.47. The van der Waals surface area contributed by atoms with Crippen LogP contribution in [0.15, 0.2) is 30.3 Å². The maximum absolute atomic E-state index is 2.47. The van der Waals surface area contributed by atoms with Gasteiger partial charge in [0.2, 0.25) is 0 Å². The molecule has 0 N–H and O–H groups in total. The van der Waals surface area contributed by atoms with Crippen molar-refractivity contribution in [2.45, 2.75) is 46.7 Å². The van der Waals surface area contributed by atoms with E-state index in [9.17, 15) is 0 Å². The highest BCUT2D eigenvalue weighted by atomic mass is 15.1. The normalized spacial score (nSPS) is 14.1. The average Bonchev–Trinajstić information content (AvgIpc) is 2.17. The van der Waals surface area contributed by atoms with Crippen LogP contribution in [-0.4, -0.2) is 18.0 Å². The number of nitrogens with zero attached hydrogens (tertiary/aromatic N) is 1. The minimum Gasteiger partial charge on any atom is -0.299 e. The zero-order valence-corrected chi connectivity index (χ0v) is 11.3. The van der Waals surface area contributed by atoms with E-state index < -0.39 is 0 Å². The highest BCUT2D eigenvalue weighted by molar-refractivity contribution is 5.14. The lowest BCUT2D eigenvalue weighted by atomic mass is 9.84. The SMILES string of the molecule is CCC(N(C)Cc1ccccc1)C(C)(C)C. The van der Waals surface area contributed by atoms with Gasteiger partial charge in [0.1, 0.15) is 0 Å². The summed E-state index contributed by atoms with van der Waals surface area (Å²) in [6.07, 6.45) is 1.20. The van der Waals surface area contributed by atoms with E-state index in [1.165, 1.54) is 12.0 Å². The van der Waals surface area contributed by atoms with Crippen molar-refractivity contribution >= 4 is 0 Å². The molecule has 0 spiro atoms. The Morgan fingerprint density at radius 2 is 1.69 bits per heavy atom. The van der Waals surface area contributed by atoms with Crippen LogP contribution in [0.1, 0.15) is 39.7 Å². The van der Waals surface area contributed by atoms with Crippen LogP contribution < -0.4 is 0 Å². The zero-order chi connectivity index (χ0) is 12.2. The molecule has 0 heterocycles. The van der Waals surface area contributed by atoms with E-state index in [0.717, 1.165) is 6.54 Å². The molecule has 0 aliphatic heterocycles. The standard InChI is InChI=1S/C15H25N/c1-6-14(15(2,3)4)16(5)12-13-10-8-7-9-11-13/h7-11,14H,6,12H2,1-5H3. The molecule has 0 aliphatic carbocycles. The average molecular weight is 219 g/mol. The zero-order valence-electron chi connectivity index (χ0n) is 11.3. The Kier molecular flexibility index (Phi) is 4.55. The Morgan fingerprint density at radius 1 is 1.12 bits per heavy atom. The highest BCUT2D eigenvalue weighted by Crippen LogP contribution is 2.26. The first-order valence-corrected chi connectivity index (χ1v) is 6.19. The Bertz CT molecular complexity index is 297. The molecule has 1 rings (SSSR count). The Balaban J connectivity index is 2.67. The van der Waals surface area contributed by atoms with Crippen molar-refractivity contribution in [2.24, 2.45) is 5.41 Å². The van der Waals surface area contributed by atoms with Crippen molar-refractivity contribution in [1.82, 2.24) is 4.90 Å². The molecule has 0 fully saturated rings. The molecule has 16 heavy (non-hydrogen) atoms. The van der Waals surface area contributed by atoms with Gasteiger partial charge in [0.05, 0.1) is 0 Å².